The molecule has 1 unspecified atom stereocenters. The van der Waals surface area contributed by atoms with Crippen LogP contribution in [-0.2, 0) is 9.59 Å². The first-order chi connectivity index (χ1) is 9.25. The van der Waals surface area contributed by atoms with E-state index in [4.69, 9.17) is 5.11 Å². The molecule has 1 aliphatic rings. The Kier molecular flexibility index (Phi) is 5.99. The molecule has 1 aliphatic heterocycles. The predicted octanol–water partition coefficient (Wildman–Crippen LogP) is 1.77. The van der Waals surface area contributed by atoms with E-state index in [1.807, 2.05) is 20.8 Å². The monoisotopic (exact) mass is 284 g/mol. The van der Waals surface area contributed by atoms with Gasteiger partial charge in [0.2, 0.25) is 5.91 Å². The Balaban J connectivity index is 2.32. The Morgan fingerprint density at radius 1 is 1.35 bits per heavy atom. The van der Waals surface area contributed by atoms with Crippen LogP contribution in [0.5, 0.6) is 0 Å². The Morgan fingerprint density at radius 3 is 2.60 bits per heavy atom. The SMILES string of the molecule is CC(C)(CCNC(=O)C1(C)CCCNC1)CCC(=O)O. The number of rotatable bonds is 7. The van der Waals surface area contributed by atoms with Crippen LogP contribution >= 0.6 is 0 Å². The lowest BCUT2D eigenvalue weighted by atomic mass is 9.81. The van der Waals surface area contributed by atoms with Gasteiger partial charge in [0.1, 0.15) is 0 Å². The summed E-state index contributed by atoms with van der Waals surface area (Å²) in [7, 11) is 0. The summed E-state index contributed by atoms with van der Waals surface area (Å²) in [6.45, 7) is 8.44. The van der Waals surface area contributed by atoms with Crippen LogP contribution in [0.15, 0.2) is 0 Å². The van der Waals surface area contributed by atoms with Crippen LogP contribution < -0.4 is 10.6 Å². The van der Waals surface area contributed by atoms with E-state index in [9.17, 15) is 9.59 Å². The van der Waals surface area contributed by atoms with Crippen LogP contribution in [0.25, 0.3) is 0 Å². The molecule has 5 heteroatoms. The third-order valence-corrected chi connectivity index (χ3v) is 4.25. The van der Waals surface area contributed by atoms with Crippen molar-refractivity contribution in [3.63, 3.8) is 0 Å². The summed E-state index contributed by atoms with van der Waals surface area (Å²) in [5, 5.41) is 15.0. The third kappa shape index (κ3) is 5.49. The normalized spacial score (nSPS) is 23.4. The summed E-state index contributed by atoms with van der Waals surface area (Å²) < 4.78 is 0. The minimum Gasteiger partial charge on any atom is -0.481 e. The number of carbonyl (C=O) groups is 2. The number of amides is 1. The first-order valence-corrected chi connectivity index (χ1v) is 7.46. The second-order valence-electron chi connectivity index (χ2n) is 6.90. The Hall–Kier alpha value is -1.10. The molecule has 1 fully saturated rings. The highest BCUT2D eigenvalue weighted by atomic mass is 16.4. The van der Waals surface area contributed by atoms with Crippen LogP contribution in [0.1, 0.15) is 52.9 Å². The third-order valence-electron chi connectivity index (χ3n) is 4.25. The molecule has 0 aromatic rings. The van der Waals surface area contributed by atoms with E-state index in [1.165, 1.54) is 0 Å². The van der Waals surface area contributed by atoms with Crippen molar-refractivity contribution >= 4 is 11.9 Å². The average molecular weight is 284 g/mol. The molecule has 1 heterocycles. The van der Waals surface area contributed by atoms with Gasteiger partial charge in [0, 0.05) is 19.5 Å². The van der Waals surface area contributed by atoms with E-state index >= 15 is 0 Å². The van der Waals surface area contributed by atoms with Gasteiger partial charge in [-0.25, -0.2) is 0 Å². The molecule has 3 N–H and O–H groups in total. The number of aliphatic carboxylic acids is 1. The van der Waals surface area contributed by atoms with E-state index < -0.39 is 5.97 Å². The van der Waals surface area contributed by atoms with E-state index in [1.54, 1.807) is 0 Å². The van der Waals surface area contributed by atoms with Gasteiger partial charge in [0.05, 0.1) is 5.41 Å². The van der Waals surface area contributed by atoms with Crippen molar-refractivity contribution in [2.45, 2.75) is 52.9 Å². The standard InChI is InChI=1S/C15H28N2O3/c1-14(2,7-5-12(18)19)8-10-17-13(20)15(3)6-4-9-16-11-15/h16H,4-11H2,1-3H3,(H,17,20)(H,18,19). The first-order valence-electron chi connectivity index (χ1n) is 7.46. The molecule has 5 nitrogen and oxygen atoms in total. The van der Waals surface area contributed by atoms with E-state index in [2.05, 4.69) is 10.6 Å². The maximum Gasteiger partial charge on any atom is 0.303 e. The van der Waals surface area contributed by atoms with Gasteiger partial charge in [0.15, 0.2) is 0 Å². The fourth-order valence-electron chi connectivity index (χ4n) is 2.55. The molecule has 0 bridgehead atoms. The minimum absolute atomic E-state index is 0.0581. The van der Waals surface area contributed by atoms with Crippen molar-refractivity contribution in [1.29, 1.82) is 0 Å². The summed E-state index contributed by atoms with van der Waals surface area (Å²) in [6.07, 6.45) is 3.58. The number of carbonyl (C=O) groups excluding carboxylic acids is 1. The second kappa shape index (κ2) is 7.07. The highest BCUT2D eigenvalue weighted by Crippen LogP contribution is 2.28. The highest BCUT2D eigenvalue weighted by Gasteiger charge is 2.34. The predicted molar refractivity (Wildman–Crippen MR) is 78.5 cm³/mol. The molecule has 1 saturated heterocycles. The summed E-state index contributed by atoms with van der Waals surface area (Å²) in [5.74, 6) is -0.651. The average Bonchev–Trinajstić information content (AvgIpc) is 2.37. The lowest BCUT2D eigenvalue weighted by Gasteiger charge is -2.33. The van der Waals surface area contributed by atoms with Gasteiger partial charge >= 0.3 is 5.97 Å². The van der Waals surface area contributed by atoms with Crippen molar-refractivity contribution in [2.24, 2.45) is 10.8 Å². The van der Waals surface area contributed by atoms with Crippen LogP contribution in [0.2, 0.25) is 0 Å². The molecule has 0 saturated carbocycles. The van der Waals surface area contributed by atoms with E-state index in [-0.39, 0.29) is 23.2 Å². The molecule has 0 aromatic carbocycles. The van der Waals surface area contributed by atoms with Gasteiger partial charge in [-0.15, -0.1) is 0 Å². The maximum absolute atomic E-state index is 12.2. The molecular weight excluding hydrogens is 256 g/mol. The van der Waals surface area contributed by atoms with Gasteiger partial charge in [-0.05, 0) is 44.6 Å². The molecule has 20 heavy (non-hydrogen) atoms. The van der Waals surface area contributed by atoms with Crippen molar-refractivity contribution in [3.05, 3.63) is 0 Å². The molecule has 0 aromatic heterocycles. The van der Waals surface area contributed by atoms with E-state index in [0.717, 1.165) is 32.4 Å². The zero-order valence-electron chi connectivity index (χ0n) is 12.9. The molecular formula is C15H28N2O3. The number of nitrogens with one attached hydrogen (secondary N) is 2. The van der Waals surface area contributed by atoms with Crippen LogP contribution in [-0.4, -0.2) is 36.6 Å². The molecule has 1 atom stereocenters. The largest absolute Gasteiger partial charge is 0.481 e. The first kappa shape index (κ1) is 17.0. The van der Waals surface area contributed by atoms with Gasteiger partial charge in [0.25, 0.3) is 0 Å². The molecule has 1 rings (SSSR count). The van der Waals surface area contributed by atoms with Crippen molar-refractivity contribution in [1.82, 2.24) is 10.6 Å². The molecule has 0 radical (unpaired) electrons. The fourth-order valence-corrected chi connectivity index (χ4v) is 2.55. The van der Waals surface area contributed by atoms with Gasteiger partial charge < -0.3 is 15.7 Å². The van der Waals surface area contributed by atoms with Gasteiger partial charge in [-0.3, -0.25) is 9.59 Å². The molecule has 0 aliphatic carbocycles. The molecule has 1 amide bonds. The second-order valence-corrected chi connectivity index (χ2v) is 6.90. The van der Waals surface area contributed by atoms with Crippen molar-refractivity contribution < 1.29 is 14.7 Å². The number of hydrogen-bond donors (Lipinski definition) is 3. The smallest absolute Gasteiger partial charge is 0.303 e. The number of carboxylic acid groups (broad SMARTS) is 1. The fraction of sp³-hybridized carbons (Fsp3) is 0.867. The number of piperidine rings is 1. The van der Waals surface area contributed by atoms with Crippen LogP contribution in [0.3, 0.4) is 0 Å². The Bertz CT molecular complexity index is 347. The van der Waals surface area contributed by atoms with E-state index in [0.29, 0.717) is 13.0 Å². The van der Waals surface area contributed by atoms with Gasteiger partial charge in [-0.2, -0.15) is 0 Å². The number of carboxylic acids is 1. The topological polar surface area (TPSA) is 78.4 Å². The van der Waals surface area contributed by atoms with Crippen LogP contribution in [0, 0.1) is 10.8 Å². The Labute approximate surface area is 121 Å². The quantitative estimate of drug-likeness (QED) is 0.666. The summed E-state index contributed by atoms with van der Waals surface area (Å²) in [4.78, 5) is 22.8. The zero-order chi connectivity index (χ0) is 15.2. The molecule has 0 spiro atoms. The minimum atomic E-state index is -0.761. The van der Waals surface area contributed by atoms with Gasteiger partial charge in [-0.1, -0.05) is 13.8 Å². The van der Waals surface area contributed by atoms with Crippen molar-refractivity contribution in [2.75, 3.05) is 19.6 Å². The summed E-state index contributed by atoms with van der Waals surface area (Å²) in [6, 6.07) is 0. The lowest BCUT2D eigenvalue weighted by Crippen LogP contribution is -2.49. The zero-order valence-corrected chi connectivity index (χ0v) is 12.9. The molecule has 116 valence electrons. The van der Waals surface area contributed by atoms with Crippen molar-refractivity contribution in [3.8, 4) is 0 Å². The Morgan fingerprint density at radius 2 is 2.05 bits per heavy atom. The summed E-state index contributed by atoms with van der Waals surface area (Å²) in [5.41, 5.74) is -0.360. The maximum atomic E-state index is 12.2. The lowest BCUT2D eigenvalue weighted by molar-refractivity contribution is -0.137. The summed E-state index contributed by atoms with van der Waals surface area (Å²) >= 11 is 0. The highest BCUT2D eigenvalue weighted by molar-refractivity contribution is 5.82. The number of hydrogen-bond acceptors (Lipinski definition) is 3. The van der Waals surface area contributed by atoms with Crippen LogP contribution in [0.4, 0.5) is 0 Å².